The van der Waals surface area contributed by atoms with Gasteiger partial charge in [0.05, 0.1) is 6.61 Å². The van der Waals surface area contributed by atoms with Crippen LogP contribution in [0.25, 0.3) is 0 Å². The van der Waals surface area contributed by atoms with Crippen LogP contribution in [0.15, 0.2) is 30.3 Å². The number of rotatable bonds is 10. The standard InChI is InChI=1S/C18H31NO/c1-15(2)13-19-14-17(16(3)4)9-8-12-20-18-10-6-5-7-11-18/h5-7,10-11,15-17,19H,8-9,12-14H2,1-4H3. The lowest BCUT2D eigenvalue weighted by atomic mass is 9.91. The molecule has 1 aromatic rings. The van der Waals surface area contributed by atoms with E-state index in [4.69, 9.17) is 4.74 Å². The summed E-state index contributed by atoms with van der Waals surface area (Å²) < 4.78 is 5.76. The second-order valence-corrected chi connectivity index (χ2v) is 6.36. The van der Waals surface area contributed by atoms with Gasteiger partial charge >= 0.3 is 0 Å². The van der Waals surface area contributed by atoms with Gasteiger partial charge in [-0.1, -0.05) is 45.9 Å². The fourth-order valence-electron chi connectivity index (χ4n) is 2.28. The van der Waals surface area contributed by atoms with Gasteiger partial charge in [-0.05, 0) is 55.8 Å². The van der Waals surface area contributed by atoms with Crippen molar-refractivity contribution in [1.82, 2.24) is 5.32 Å². The molecule has 0 heterocycles. The van der Waals surface area contributed by atoms with E-state index in [2.05, 4.69) is 33.0 Å². The van der Waals surface area contributed by atoms with Gasteiger partial charge in [0.15, 0.2) is 0 Å². The van der Waals surface area contributed by atoms with Crippen molar-refractivity contribution in [3.8, 4) is 5.75 Å². The van der Waals surface area contributed by atoms with Crippen LogP contribution in [0.4, 0.5) is 0 Å². The van der Waals surface area contributed by atoms with Crippen molar-refractivity contribution in [2.24, 2.45) is 17.8 Å². The summed E-state index contributed by atoms with van der Waals surface area (Å²) in [5, 5.41) is 3.58. The molecule has 0 bridgehead atoms. The third-order valence-corrected chi connectivity index (χ3v) is 3.63. The summed E-state index contributed by atoms with van der Waals surface area (Å²) in [6.45, 7) is 12.2. The summed E-state index contributed by atoms with van der Waals surface area (Å²) in [4.78, 5) is 0. The van der Waals surface area contributed by atoms with Gasteiger partial charge < -0.3 is 10.1 Å². The Kier molecular flexibility index (Phi) is 8.36. The molecule has 2 heteroatoms. The van der Waals surface area contributed by atoms with Gasteiger partial charge in [-0.25, -0.2) is 0 Å². The molecule has 1 rings (SSSR count). The number of hydrogen-bond donors (Lipinski definition) is 1. The van der Waals surface area contributed by atoms with Crippen molar-refractivity contribution in [1.29, 1.82) is 0 Å². The van der Waals surface area contributed by atoms with E-state index in [0.717, 1.165) is 49.6 Å². The van der Waals surface area contributed by atoms with Crippen LogP contribution >= 0.6 is 0 Å². The molecule has 0 aliphatic carbocycles. The summed E-state index contributed by atoms with van der Waals surface area (Å²) >= 11 is 0. The van der Waals surface area contributed by atoms with E-state index in [1.54, 1.807) is 0 Å². The highest BCUT2D eigenvalue weighted by atomic mass is 16.5. The first kappa shape index (κ1) is 17.0. The van der Waals surface area contributed by atoms with Gasteiger partial charge in [0, 0.05) is 0 Å². The Hall–Kier alpha value is -1.02. The maximum absolute atomic E-state index is 5.76. The summed E-state index contributed by atoms with van der Waals surface area (Å²) in [5.41, 5.74) is 0. The van der Waals surface area contributed by atoms with Crippen molar-refractivity contribution < 1.29 is 4.74 Å². The quantitative estimate of drug-likeness (QED) is 0.641. The van der Waals surface area contributed by atoms with Crippen LogP contribution in [0.1, 0.15) is 40.5 Å². The number of para-hydroxylation sites is 1. The first-order valence-electron chi connectivity index (χ1n) is 7.98. The van der Waals surface area contributed by atoms with E-state index >= 15 is 0 Å². The average molecular weight is 277 g/mol. The zero-order chi connectivity index (χ0) is 14.8. The predicted molar refractivity (Wildman–Crippen MR) is 87.2 cm³/mol. The molecule has 1 atom stereocenters. The lowest BCUT2D eigenvalue weighted by Gasteiger charge is -2.22. The lowest BCUT2D eigenvalue weighted by Crippen LogP contribution is -2.29. The van der Waals surface area contributed by atoms with E-state index in [0.29, 0.717) is 0 Å². The first-order chi connectivity index (χ1) is 9.59. The molecular formula is C18H31NO. The van der Waals surface area contributed by atoms with Crippen LogP contribution in [0, 0.1) is 17.8 Å². The molecular weight excluding hydrogens is 246 g/mol. The van der Waals surface area contributed by atoms with Crippen LogP contribution in [0.2, 0.25) is 0 Å². The molecule has 0 aromatic heterocycles. The second-order valence-electron chi connectivity index (χ2n) is 6.36. The van der Waals surface area contributed by atoms with Gasteiger partial charge in [-0.3, -0.25) is 0 Å². The minimum absolute atomic E-state index is 0.726. The average Bonchev–Trinajstić information content (AvgIpc) is 2.42. The van der Waals surface area contributed by atoms with Crippen molar-refractivity contribution in [2.75, 3.05) is 19.7 Å². The van der Waals surface area contributed by atoms with E-state index in [-0.39, 0.29) is 0 Å². The number of nitrogens with one attached hydrogen (secondary N) is 1. The maximum atomic E-state index is 5.76. The van der Waals surface area contributed by atoms with Gasteiger partial charge in [-0.15, -0.1) is 0 Å². The summed E-state index contributed by atoms with van der Waals surface area (Å²) in [6.07, 6.45) is 2.36. The number of ether oxygens (including phenoxy) is 1. The Labute approximate surface area is 124 Å². The minimum atomic E-state index is 0.726. The Balaban J connectivity index is 2.18. The summed E-state index contributed by atoms with van der Waals surface area (Å²) in [5.74, 6) is 3.18. The molecule has 0 saturated carbocycles. The highest BCUT2D eigenvalue weighted by molar-refractivity contribution is 5.20. The molecule has 0 amide bonds. The van der Waals surface area contributed by atoms with E-state index in [9.17, 15) is 0 Å². The van der Waals surface area contributed by atoms with Crippen molar-refractivity contribution in [3.63, 3.8) is 0 Å². The maximum Gasteiger partial charge on any atom is 0.119 e. The fourth-order valence-corrected chi connectivity index (χ4v) is 2.28. The van der Waals surface area contributed by atoms with E-state index in [1.165, 1.54) is 6.42 Å². The van der Waals surface area contributed by atoms with Crippen LogP contribution in [-0.4, -0.2) is 19.7 Å². The molecule has 0 aliphatic rings. The molecule has 0 saturated heterocycles. The molecule has 0 spiro atoms. The SMILES string of the molecule is CC(C)CNCC(CCCOc1ccccc1)C(C)C. The van der Waals surface area contributed by atoms with Gasteiger partial charge in [0.1, 0.15) is 5.75 Å². The zero-order valence-corrected chi connectivity index (χ0v) is 13.6. The molecule has 1 aromatic carbocycles. The molecule has 2 nitrogen and oxygen atoms in total. The Morgan fingerprint density at radius 2 is 1.70 bits per heavy atom. The Morgan fingerprint density at radius 3 is 2.30 bits per heavy atom. The van der Waals surface area contributed by atoms with Crippen molar-refractivity contribution in [3.05, 3.63) is 30.3 Å². The fraction of sp³-hybridized carbons (Fsp3) is 0.667. The smallest absolute Gasteiger partial charge is 0.119 e. The summed E-state index contributed by atoms with van der Waals surface area (Å²) in [6, 6.07) is 10.1. The monoisotopic (exact) mass is 277 g/mol. The number of benzene rings is 1. The Bertz CT molecular complexity index is 335. The first-order valence-corrected chi connectivity index (χ1v) is 7.98. The Morgan fingerprint density at radius 1 is 1.00 bits per heavy atom. The van der Waals surface area contributed by atoms with Crippen molar-refractivity contribution >= 4 is 0 Å². The van der Waals surface area contributed by atoms with Crippen molar-refractivity contribution in [2.45, 2.75) is 40.5 Å². The molecule has 0 radical (unpaired) electrons. The van der Waals surface area contributed by atoms with E-state index in [1.807, 2.05) is 30.3 Å². The highest BCUT2D eigenvalue weighted by Gasteiger charge is 2.12. The topological polar surface area (TPSA) is 21.3 Å². The second kappa shape index (κ2) is 9.82. The molecule has 0 fully saturated rings. The van der Waals surface area contributed by atoms with Crippen LogP contribution in [0.5, 0.6) is 5.75 Å². The predicted octanol–water partition coefficient (Wildman–Crippen LogP) is 4.36. The van der Waals surface area contributed by atoms with Crippen LogP contribution in [-0.2, 0) is 0 Å². The number of hydrogen-bond acceptors (Lipinski definition) is 2. The van der Waals surface area contributed by atoms with Gasteiger partial charge in [-0.2, -0.15) is 0 Å². The van der Waals surface area contributed by atoms with Gasteiger partial charge in [0.2, 0.25) is 0 Å². The largest absolute Gasteiger partial charge is 0.494 e. The molecule has 114 valence electrons. The summed E-state index contributed by atoms with van der Waals surface area (Å²) in [7, 11) is 0. The minimum Gasteiger partial charge on any atom is -0.494 e. The van der Waals surface area contributed by atoms with Crippen LogP contribution in [0.3, 0.4) is 0 Å². The van der Waals surface area contributed by atoms with Gasteiger partial charge in [0.25, 0.3) is 0 Å². The zero-order valence-electron chi connectivity index (χ0n) is 13.6. The molecule has 1 N–H and O–H groups in total. The third-order valence-electron chi connectivity index (χ3n) is 3.63. The van der Waals surface area contributed by atoms with Crippen LogP contribution < -0.4 is 10.1 Å². The molecule has 20 heavy (non-hydrogen) atoms. The highest BCUT2D eigenvalue weighted by Crippen LogP contribution is 2.17. The molecule has 0 aliphatic heterocycles. The molecule has 1 unspecified atom stereocenters. The third kappa shape index (κ3) is 7.54. The normalized spacial score (nSPS) is 12.9. The van der Waals surface area contributed by atoms with E-state index < -0.39 is 0 Å². The lowest BCUT2D eigenvalue weighted by molar-refractivity contribution is 0.266.